The van der Waals surface area contributed by atoms with Gasteiger partial charge in [-0.2, -0.15) is 13.1 Å². The molecule has 19 heavy (non-hydrogen) atoms. The van der Waals surface area contributed by atoms with Crippen molar-refractivity contribution in [1.82, 2.24) is 4.72 Å². The zero-order chi connectivity index (χ0) is 14.6. The van der Waals surface area contributed by atoms with Crippen molar-refractivity contribution in [3.8, 4) is 0 Å². The van der Waals surface area contributed by atoms with Crippen LogP contribution in [0.15, 0.2) is 22.7 Å². The fraction of sp³-hybridized carbons (Fsp3) is 0.364. The summed E-state index contributed by atoms with van der Waals surface area (Å²) in [5, 5.41) is 8.89. The van der Waals surface area contributed by atoms with Crippen molar-refractivity contribution < 1.29 is 18.3 Å². The van der Waals surface area contributed by atoms with Crippen LogP contribution >= 0.6 is 15.9 Å². The van der Waals surface area contributed by atoms with Gasteiger partial charge in [0, 0.05) is 11.0 Å². The SMILES string of the molecule is CC(C)CNS(=O)(=O)Nc1cc(Br)cc(C(=O)O)c1. The molecule has 0 unspecified atom stereocenters. The van der Waals surface area contributed by atoms with E-state index in [1.807, 2.05) is 13.8 Å². The Kier molecular flexibility index (Phi) is 5.33. The lowest BCUT2D eigenvalue weighted by Gasteiger charge is -2.11. The number of benzene rings is 1. The first-order chi connectivity index (χ1) is 8.69. The number of nitrogens with one attached hydrogen (secondary N) is 2. The summed E-state index contributed by atoms with van der Waals surface area (Å²) in [6.07, 6.45) is 0. The van der Waals surface area contributed by atoms with Gasteiger partial charge in [0.1, 0.15) is 0 Å². The average Bonchev–Trinajstić information content (AvgIpc) is 2.25. The molecule has 0 heterocycles. The van der Waals surface area contributed by atoms with Gasteiger partial charge in [-0.05, 0) is 24.1 Å². The number of halogens is 1. The van der Waals surface area contributed by atoms with Crippen LogP contribution in [-0.4, -0.2) is 26.0 Å². The number of aromatic carboxylic acids is 1. The molecule has 6 nitrogen and oxygen atoms in total. The third-order valence-corrected chi connectivity index (χ3v) is 3.59. The molecule has 0 aromatic heterocycles. The topological polar surface area (TPSA) is 95.5 Å². The summed E-state index contributed by atoms with van der Waals surface area (Å²) in [7, 11) is -3.70. The number of carbonyl (C=O) groups is 1. The lowest BCUT2D eigenvalue weighted by atomic mass is 10.2. The van der Waals surface area contributed by atoms with Crippen LogP contribution in [0.3, 0.4) is 0 Å². The molecular formula is C11H15BrN2O4S. The summed E-state index contributed by atoms with van der Waals surface area (Å²) in [5.74, 6) is -0.953. The first-order valence-corrected chi connectivity index (χ1v) is 7.78. The third-order valence-electron chi connectivity index (χ3n) is 2.08. The molecule has 8 heteroatoms. The highest BCUT2D eigenvalue weighted by atomic mass is 79.9. The summed E-state index contributed by atoms with van der Waals surface area (Å²) < 4.78 is 28.6. The largest absolute Gasteiger partial charge is 0.478 e. The van der Waals surface area contributed by atoms with E-state index < -0.39 is 16.2 Å². The number of carboxylic acid groups (broad SMARTS) is 1. The lowest BCUT2D eigenvalue weighted by molar-refractivity contribution is 0.0697. The van der Waals surface area contributed by atoms with Gasteiger partial charge in [-0.25, -0.2) is 4.79 Å². The molecule has 0 aliphatic heterocycles. The van der Waals surface area contributed by atoms with Crippen molar-refractivity contribution in [2.24, 2.45) is 5.92 Å². The number of rotatable bonds is 6. The monoisotopic (exact) mass is 350 g/mol. The minimum Gasteiger partial charge on any atom is -0.478 e. The first kappa shape index (κ1) is 15.9. The second kappa shape index (κ2) is 6.36. The van der Waals surface area contributed by atoms with E-state index in [9.17, 15) is 13.2 Å². The Morgan fingerprint density at radius 2 is 2.00 bits per heavy atom. The summed E-state index contributed by atoms with van der Waals surface area (Å²) in [6, 6.07) is 4.13. The smallest absolute Gasteiger partial charge is 0.335 e. The summed E-state index contributed by atoms with van der Waals surface area (Å²) >= 11 is 3.13. The molecule has 1 aromatic carbocycles. The third kappa shape index (κ3) is 5.58. The van der Waals surface area contributed by atoms with Gasteiger partial charge in [0.25, 0.3) is 10.2 Å². The summed E-state index contributed by atoms with van der Waals surface area (Å²) in [5.41, 5.74) is 0.180. The fourth-order valence-corrected chi connectivity index (χ4v) is 2.79. The van der Waals surface area contributed by atoms with Crippen LogP contribution in [0.4, 0.5) is 5.69 Å². The molecule has 0 saturated heterocycles. The van der Waals surface area contributed by atoms with Gasteiger partial charge in [0.2, 0.25) is 0 Å². The van der Waals surface area contributed by atoms with E-state index in [2.05, 4.69) is 25.4 Å². The van der Waals surface area contributed by atoms with Gasteiger partial charge in [-0.15, -0.1) is 0 Å². The van der Waals surface area contributed by atoms with E-state index in [1.54, 1.807) is 0 Å². The number of anilines is 1. The Labute approximate surface area is 120 Å². The highest BCUT2D eigenvalue weighted by Crippen LogP contribution is 2.20. The maximum atomic E-state index is 11.7. The number of hydrogen-bond acceptors (Lipinski definition) is 3. The number of carboxylic acids is 1. The fourth-order valence-electron chi connectivity index (χ4n) is 1.24. The van der Waals surface area contributed by atoms with E-state index in [-0.39, 0.29) is 17.2 Å². The highest BCUT2D eigenvalue weighted by molar-refractivity contribution is 9.10. The Morgan fingerprint density at radius 1 is 1.37 bits per heavy atom. The molecule has 0 aliphatic rings. The lowest BCUT2D eigenvalue weighted by Crippen LogP contribution is -2.32. The van der Waals surface area contributed by atoms with Gasteiger partial charge in [0.15, 0.2) is 0 Å². The molecule has 1 rings (SSSR count). The number of hydrogen-bond donors (Lipinski definition) is 3. The molecule has 0 saturated carbocycles. The summed E-state index contributed by atoms with van der Waals surface area (Å²) in [6.45, 7) is 4.06. The summed E-state index contributed by atoms with van der Waals surface area (Å²) in [4.78, 5) is 10.9. The molecule has 106 valence electrons. The standard InChI is InChI=1S/C11H15BrN2O4S/c1-7(2)6-13-19(17,18)14-10-4-8(11(15)16)3-9(12)5-10/h3-5,7,13-14H,6H2,1-2H3,(H,15,16). The molecular weight excluding hydrogens is 336 g/mol. The van der Waals surface area contributed by atoms with E-state index in [0.717, 1.165) is 0 Å². The molecule has 0 fully saturated rings. The quantitative estimate of drug-likeness (QED) is 0.731. The Morgan fingerprint density at radius 3 is 2.53 bits per heavy atom. The zero-order valence-electron chi connectivity index (χ0n) is 10.5. The second-order valence-electron chi connectivity index (χ2n) is 4.38. The van der Waals surface area contributed by atoms with E-state index in [4.69, 9.17) is 5.11 Å². The van der Waals surface area contributed by atoms with Gasteiger partial charge in [-0.1, -0.05) is 29.8 Å². The van der Waals surface area contributed by atoms with Crippen LogP contribution in [0, 0.1) is 5.92 Å². The Bertz CT molecular complexity index is 572. The minimum atomic E-state index is -3.70. The normalized spacial score (nSPS) is 11.6. The van der Waals surface area contributed by atoms with E-state index in [1.165, 1.54) is 18.2 Å². The Balaban J connectivity index is 2.90. The van der Waals surface area contributed by atoms with Gasteiger partial charge in [-0.3, -0.25) is 4.72 Å². The van der Waals surface area contributed by atoms with Crippen LogP contribution in [0.2, 0.25) is 0 Å². The van der Waals surface area contributed by atoms with Crippen LogP contribution < -0.4 is 9.44 Å². The Hall–Kier alpha value is -1.12. The second-order valence-corrected chi connectivity index (χ2v) is 6.80. The van der Waals surface area contributed by atoms with Crippen LogP contribution in [-0.2, 0) is 10.2 Å². The molecule has 0 radical (unpaired) electrons. The van der Waals surface area contributed by atoms with E-state index in [0.29, 0.717) is 11.0 Å². The molecule has 0 spiro atoms. The van der Waals surface area contributed by atoms with Crippen LogP contribution in [0.5, 0.6) is 0 Å². The molecule has 3 N–H and O–H groups in total. The van der Waals surface area contributed by atoms with Gasteiger partial charge < -0.3 is 5.11 Å². The van der Waals surface area contributed by atoms with Crippen molar-refractivity contribution in [1.29, 1.82) is 0 Å². The predicted molar refractivity (Wildman–Crippen MR) is 76.5 cm³/mol. The minimum absolute atomic E-state index is 0.00376. The molecule has 0 aliphatic carbocycles. The maximum Gasteiger partial charge on any atom is 0.335 e. The average molecular weight is 351 g/mol. The first-order valence-electron chi connectivity index (χ1n) is 5.51. The zero-order valence-corrected chi connectivity index (χ0v) is 12.9. The highest BCUT2D eigenvalue weighted by Gasteiger charge is 2.12. The van der Waals surface area contributed by atoms with Crippen LogP contribution in [0.1, 0.15) is 24.2 Å². The van der Waals surface area contributed by atoms with Crippen molar-refractivity contribution in [2.75, 3.05) is 11.3 Å². The predicted octanol–water partition coefficient (Wildman–Crippen LogP) is 2.05. The van der Waals surface area contributed by atoms with Crippen molar-refractivity contribution in [2.45, 2.75) is 13.8 Å². The van der Waals surface area contributed by atoms with Crippen molar-refractivity contribution in [3.63, 3.8) is 0 Å². The molecule has 0 bridgehead atoms. The maximum absolute atomic E-state index is 11.7. The van der Waals surface area contributed by atoms with E-state index >= 15 is 0 Å². The molecule has 0 amide bonds. The van der Waals surface area contributed by atoms with Crippen LogP contribution in [0.25, 0.3) is 0 Å². The van der Waals surface area contributed by atoms with Crippen molar-refractivity contribution >= 4 is 37.8 Å². The molecule has 1 aromatic rings. The van der Waals surface area contributed by atoms with Gasteiger partial charge >= 0.3 is 5.97 Å². The molecule has 0 atom stereocenters. The van der Waals surface area contributed by atoms with Gasteiger partial charge in [0.05, 0.1) is 11.3 Å². The van der Waals surface area contributed by atoms with Crippen molar-refractivity contribution in [3.05, 3.63) is 28.2 Å².